The molecule has 18 heavy (non-hydrogen) atoms. The molecular formula is C13H21N3O2. The van der Waals surface area contributed by atoms with Gasteiger partial charge in [-0.1, -0.05) is 0 Å². The summed E-state index contributed by atoms with van der Waals surface area (Å²) in [5.41, 5.74) is 0.187. The first-order chi connectivity index (χ1) is 8.57. The second kappa shape index (κ2) is 4.33. The highest BCUT2D eigenvalue weighted by molar-refractivity contribution is 5.19. The van der Waals surface area contributed by atoms with Crippen LogP contribution in [0, 0.1) is 0 Å². The highest BCUT2D eigenvalue weighted by Gasteiger charge is 2.43. The molecular weight excluding hydrogens is 230 g/mol. The SMILES string of the molecule is CC(C)n1cc(C2(O)CC3COCC(C2)N3)cn1. The van der Waals surface area contributed by atoms with E-state index in [1.165, 1.54) is 0 Å². The third kappa shape index (κ3) is 2.06. The number of ether oxygens (including phenoxy) is 1. The lowest BCUT2D eigenvalue weighted by atomic mass is 9.79. The van der Waals surface area contributed by atoms with Gasteiger partial charge in [0.25, 0.3) is 0 Å². The highest BCUT2D eigenvalue weighted by Crippen LogP contribution is 2.36. The summed E-state index contributed by atoms with van der Waals surface area (Å²) in [6.45, 7) is 5.56. The topological polar surface area (TPSA) is 59.3 Å². The van der Waals surface area contributed by atoms with Crippen molar-refractivity contribution in [3.8, 4) is 0 Å². The predicted molar refractivity (Wildman–Crippen MR) is 67.3 cm³/mol. The number of fused-ring (bicyclic) bond motifs is 2. The molecule has 0 aromatic carbocycles. The zero-order chi connectivity index (χ0) is 12.8. The summed E-state index contributed by atoms with van der Waals surface area (Å²) < 4.78 is 7.42. The number of nitrogens with zero attached hydrogens (tertiary/aromatic N) is 2. The first-order valence-electron chi connectivity index (χ1n) is 6.68. The van der Waals surface area contributed by atoms with Crippen LogP contribution in [0.5, 0.6) is 0 Å². The summed E-state index contributed by atoms with van der Waals surface area (Å²) in [6.07, 6.45) is 5.19. The van der Waals surface area contributed by atoms with Gasteiger partial charge in [-0.2, -0.15) is 5.10 Å². The monoisotopic (exact) mass is 251 g/mol. The minimum absolute atomic E-state index is 0.255. The molecule has 0 spiro atoms. The fourth-order valence-electron chi connectivity index (χ4n) is 3.01. The summed E-state index contributed by atoms with van der Waals surface area (Å²) >= 11 is 0. The van der Waals surface area contributed by atoms with E-state index in [-0.39, 0.29) is 12.1 Å². The molecule has 0 amide bonds. The lowest BCUT2D eigenvalue weighted by Gasteiger charge is -2.44. The van der Waals surface area contributed by atoms with Crippen LogP contribution >= 0.6 is 0 Å². The van der Waals surface area contributed by atoms with Crippen molar-refractivity contribution in [1.29, 1.82) is 0 Å². The second-order valence-electron chi connectivity index (χ2n) is 5.84. The maximum atomic E-state index is 10.9. The molecule has 2 atom stereocenters. The molecule has 2 aliphatic rings. The Balaban J connectivity index is 1.84. The smallest absolute Gasteiger partial charge is 0.0958 e. The Morgan fingerprint density at radius 1 is 1.44 bits per heavy atom. The molecule has 0 radical (unpaired) electrons. The Bertz CT molecular complexity index is 418. The maximum Gasteiger partial charge on any atom is 0.0958 e. The van der Waals surface area contributed by atoms with Crippen LogP contribution in [0.1, 0.15) is 38.3 Å². The summed E-state index contributed by atoms with van der Waals surface area (Å²) in [6, 6.07) is 0.835. The van der Waals surface area contributed by atoms with Gasteiger partial charge >= 0.3 is 0 Å². The van der Waals surface area contributed by atoms with Crippen LogP contribution < -0.4 is 5.32 Å². The van der Waals surface area contributed by atoms with E-state index in [1.54, 1.807) is 0 Å². The zero-order valence-electron chi connectivity index (χ0n) is 11.0. The number of morpholine rings is 1. The third-order valence-electron chi connectivity index (χ3n) is 3.95. The minimum atomic E-state index is -0.752. The van der Waals surface area contributed by atoms with Crippen LogP contribution in [-0.4, -0.2) is 40.2 Å². The van der Waals surface area contributed by atoms with Gasteiger partial charge in [0.1, 0.15) is 0 Å². The van der Waals surface area contributed by atoms with Crippen molar-refractivity contribution in [2.45, 2.75) is 50.4 Å². The molecule has 2 unspecified atom stereocenters. The van der Waals surface area contributed by atoms with Crippen molar-refractivity contribution in [1.82, 2.24) is 15.1 Å². The number of piperidine rings is 1. The fourth-order valence-corrected chi connectivity index (χ4v) is 3.01. The van der Waals surface area contributed by atoms with Crippen LogP contribution in [0.15, 0.2) is 12.4 Å². The Labute approximate surface area is 107 Å². The third-order valence-corrected chi connectivity index (χ3v) is 3.95. The van der Waals surface area contributed by atoms with Crippen LogP contribution in [0.3, 0.4) is 0 Å². The van der Waals surface area contributed by atoms with Gasteiger partial charge in [0.15, 0.2) is 0 Å². The number of rotatable bonds is 2. The van der Waals surface area contributed by atoms with Crippen molar-refractivity contribution >= 4 is 0 Å². The summed E-state index contributed by atoms with van der Waals surface area (Å²) in [5, 5.41) is 18.7. The molecule has 100 valence electrons. The molecule has 2 bridgehead atoms. The quantitative estimate of drug-likeness (QED) is 0.816. The van der Waals surface area contributed by atoms with E-state index in [0.29, 0.717) is 32.1 Å². The van der Waals surface area contributed by atoms with E-state index in [0.717, 1.165) is 5.56 Å². The number of aliphatic hydroxyl groups is 1. The van der Waals surface area contributed by atoms with E-state index in [4.69, 9.17) is 4.74 Å². The van der Waals surface area contributed by atoms with Gasteiger partial charge in [-0.05, 0) is 26.7 Å². The Kier molecular flexibility index (Phi) is 2.92. The first kappa shape index (κ1) is 12.1. The fraction of sp³-hybridized carbons (Fsp3) is 0.769. The predicted octanol–water partition coefficient (Wildman–Crippen LogP) is 0.802. The van der Waals surface area contributed by atoms with E-state index >= 15 is 0 Å². The van der Waals surface area contributed by atoms with Crippen molar-refractivity contribution in [2.24, 2.45) is 0 Å². The number of aromatic nitrogens is 2. The van der Waals surface area contributed by atoms with Gasteiger partial charge in [0.05, 0.1) is 25.0 Å². The van der Waals surface area contributed by atoms with Crippen molar-refractivity contribution in [2.75, 3.05) is 13.2 Å². The minimum Gasteiger partial charge on any atom is -0.385 e. The van der Waals surface area contributed by atoms with E-state index in [1.807, 2.05) is 17.1 Å². The van der Waals surface area contributed by atoms with Gasteiger partial charge in [-0.3, -0.25) is 4.68 Å². The van der Waals surface area contributed by atoms with E-state index < -0.39 is 5.60 Å². The lowest BCUT2D eigenvalue weighted by Crippen LogP contribution is -2.58. The molecule has 2 fully saturated rings. The molecule has 5 nitrogen and oxygen atoms in total. The molecule has 1 aromatic rings. The van der Waals surface area contributed by atoms with Gasteiger partial charge in [0.2, 0.25) is 0 Å². The molecule has 2 aliphatic heterocycles. The largest absolute Gasteiger partial charge is 0.385 e. The van der Waals surface area contributed by atoms with E-state index in [9.17, 15) is 5.11 Å². The average molecular weight is 251 g/mol. The van der Waals surface area contributed by atoms with E-state index in [2.05, 4.69) is 24.3 Å². The van der Waals surface area contributed by atoms with Gasteiger partial charge in [-0.25, -0.2) is 0 Å². The summed E-state index contributed by atoms with van der Waals surface area (Å²) in [7, 11) is 0. The molecule has 1 aromatic heterocycles. The van der Waals surface area contributed by atoms with Gasteiger partial charge in [0, 0.05) is 29.9 Å². The maximum absolute atomic E-state index is 10.9. The Morgan fingerprint density at radius 2 is 2.11 bits per heavy atom. The normalized spacial score (nSPS) is 36.0. The second-order valence-corrected chi connectivity index (χ2v) is 5.84. The highest BCUT2D eigenvalue weighted by atomic mass is 16.5. The number of hydrogen-bond acceptors (Lipinski definition) is 4. The van der Waals surface area contributed by atoms with Crippen molar-refractivity contribution in [3.63, 3.8) is 0 Å². The van der Waals surface area contributed by atoms with Gasteiger partial charge < -0.3 is 15.2 Å². The van der Waals surface area contributed by atoms with Crippen molar-refractivity contribution < 1.29 is 9.84 Å². The number of nitrogens with one attached hydrogen (secondary N) is 1. The van der Waals surface area contributed by atoms with Crippen LogP contribution in [0.25, 0.3) is 0 Å². The standard InChI is InChI=1S/C13H21N3O2/c1-9(2)16-6-10(5-14-16)13(17)3-11-7-18-8-12(4-13)15-11/h5-6,9,11-12,15,17H,3-4,7-8H2,1-2H3. The number of hydrogen-bond donors (Lipinski definition) is 2. The molecule has 5 heteroatoms. The molecule has 3 rings (SSSR count). The van der Waals surface area contributed by atoms with Gasteiger partial charge in [-0.15, -0.1) is 0 Å². The molecule has 0 saturated carbocycles. The molecule has 3 heterocycles. The lowest BCUT2D eigenvalue weighted by molar-refractivity contribution is -0.0802. The van der Waals surface area contributed by atoms with Crippen LogP contribution in [-0.2, 0) is 10.3 Å². The van der Waals surface area contributed by atoms with Crippen LogP contribution in [0.2, 0.25) is 0 Å². The summed E-state index contributed by atoms with van der Waals surface area (Å²) in [5.74, 6) is 0. The van der Waals surface area contributed by atoms with Crippen LogP contribution in [0.4, 0.5) is 0 Å². The van der Waals surface area contributed by atoms with Crippen molar-refractivity contribution in [3.05, 3.63) is 18.0 Å². The Morgan fingerprint density at radius 3 is 2.67 bits per heavy atom. The zero-order valence-corrected chi connectivity index (χ0v) is 11.0. The molecule has 2 saturated heterocycles. The Hall–Kier alpha value is -0.910. The first-order valence-corrected chi connectivity index (χ1v) is 6.68. The average Bonchev–Trinajstić information content (AvgIpc) is 2.78. The molecule has 0 aliphatic carbocycles. The summed E-state index contributed by atoms with van der Waals surface area (Å²) in [4.78, 5) is 0. The molecule has 2 N–H and O–H groups in total.